The van der Waals surface area contributed by atoms with Crippen LogP contribution in [0.4, 0.5) is 8.78 Å². The van der Waals surface area contributed by atoms with Crippen LogP contribution in [0.25, 0.3) is 0 Å². The Balaban J connectivity index is 3.30. The van der Waals surface area contributed by atoms with E-state index in [1.54, 1.807) is 13.0 Å². The summed E-state index contributed by atoms with van der Waals surface area (Å²) in [6.45, 7) is 1.65. The Bertz CT molecular complexity index is 480. The summed E-state index contributed by atoms with van der Waals surface area (Å²) in [6.07, 6.45) is -2.92. The molecule has 0 saturated heterocycles. The van der Waals surface area contributed by atoms with Crippen molar-refractivity contribution in [3.05, 3.63) is 28.8 Å². The Morgan fingerprint density at radius 3 is 2.71 bits per heavy atom. The molecule has 1 N–H and O–H groups in total. The summed E-state index contributed by atoms with van der Waals surface area (Å²) >= 11 is 0. The molecule has 0 unspecified atom stereocenters. The summed E-state index contributed by atoms with van der Waals surface area (Å²) < 4.78 is 29.5. The second kappa shape index (κ2) is 5.25. The maximum absolute atomic E-state index is 12.4. The van der Waals surface area contributed by atoms with Gasteiger partial charge in [-0.2, -0.15) is 5.26 Å². The number of phenols is 1. The Morgan fingerprint density at radius 1 is 1.59 bits per heavy atom. The van der Waals surface area contributed by atoms with Gasteiger partial charge in [-0.05, 0) is 19.1 Å². The molecule has 17 heavy (non-hydrogen) atoms. The maximum Gasteiger partial charge on any atom is 0.339 e. The molecule has 0 amide bonds. The average molecular weight is 241 g/mol. The molecule has 4 nitrogen and oxygen atoms in total. The summed E-state index contributed by atoms with van der Waals surface area (Å²) in [6, 6.07) is 3.21. The van der Waals surface area contributed by atoms with E-state index in [-0.39, 0.29) is 17.7 Å². The Labute approximate surface area is 96.0 Å². The average Bonchev–Trinajstić information content (AvgIpc) is 2.28. The zero-order valence-corrected chi connectivity index (χ0v) is 8.91. The van der Waals surface area contributed by atoms with E-state index in [4.69, 9.17) is 5.26 Å². The highest BCUT2D eigenvalue weighted by Crippen LogP contribution is 2.31. The molecule has 0 heterocycles. The van der Waals surface area contributed by atoms with Crippen molar-refractivity contribution in [2.24, 2.45) is 0 Å². The van der Waals surface area contributed by atoms with Crippen LogP contribution in [0, 0.1) is 11.3 Å². The van der Waals surface area contributed by atoms with Gasteiger partial charge in [0.2, 0.25) is 0 Å². The minimum Gasteiger partial charge on any atom is -0.507 e. The first-order chi connectivity index (χ1) is 8.01. The van der Waals surface area contributed by atoms with Gasteiger partial charge in [0.25, 0.3) is 6.43 Å². The van der Waals surface area contributed by atoms with Crippen molar-refractivity contribution >= 4 is 5.97 Å². The van der Waals surface area contributed by atoms with Crippen LogP contribution in [0.1, 0.15) is 34.8 Å². The van der Waals surface area contributed by atoms with Crippen molar-refractivity contribution in [1.82, 2.24) is 0 Å². The second-order valence-corrected chi connectivity index (χ2v) is 3.09. The number of aromatic hydroxyl groups is 1. The van der Waals surface area contributed by atoms with Crippen molar-refractivity contribution in [3.8, 4) is 11.8 Å². The number of ether oxygens (including phenoxy) is 1. The van der Waals surface area contributed by atoms with E-state index >= 15 is 0 Å². The standard InChI is InChI=1S/C11H9F2NO3/c1-2-17-11(16)7-4-9(15)8(10(12)13)3-6(7)5-14/h3-4,10,15H,2H2,1H3. The number of nitriles is 1. The van der Waals surface area contributed by atoms with Gasteiger partial charge >= 0.3 is 5.97 Å². The molecule has 0 saturated carbocycles. The number of halogens is 2. The molecule has 90 valence electrons. The van der Waals surface area contributed by atoms with Crippen LogP contribution >= 0.6 is 0 Å². The molecule has 0 aliphatic carbocycles. The predicted molar refractivity (Wildman–Crippen MR) is 53.7 cm³/mol. The molecule has 0 bridgehead atoms. The van der Waals surface area contributed by atoms with E-state index in [1.807, 2.05) is 0 Å². The number of carbonyl (C=O) groups excluding carboxylic acids is 1. The minimum absolute atomic E-state index is 0.0844. The minimum atomic E-state index is -2.92. The van der Waals surface area contributed by atoms with Gasteiger partial charge < -0.3 is 9.84 Å². The van der Waals surface area contributed by atoms with E-state index in [0.29, 0.717) is 0 Å². The van der Waals surface area contributed by atoms with E-state index in [0.717, 1.165) is 12.1 Å². The number of carbonyl (C=O) groups is 1. The molecular weight excluding hydrogens is 232 g/mol. The molecule has 1 aromatic rings. The largest absolute Gasteiger partial charge is 0.507 e. The van der Waals surface area contributed by atoms with Gasteiger partial charge in [-0.1, -0.05) is 0 Å². The van der Waals surface area contributed by atoms with Crippen LogP contribution in [-0.2, 0) is 4.74 Å². The van der Waals surface area contributed by atoms with Gasteiger partial charge in [-0.15, -0.1) is 0 Å². The topological polar surface area (TPSA) is 70.3 Å². The lowest BCUT2D eigenvalue weighted by Crippen LogP contribution is -2.07. The summed E-state index contributed by atoms with van der Waals surface area (Å²) in [5.41, 5.74) is -1.16. The second-order valence-electron chi connectivity index (χ2n) is 3.09. The zero-order valence-electron chi connectivity index (χ0n) is 8.91. The quantitative estimate of drug-likeness (QED) is 0.825. The first-order valence-corrected chi connectivity index (χ1v) is 4.73. The molecule has 0 aliphatic rings. The zero-order chi connectivity index (χ0) is 13.0. The lowest BCUT2D eigenvalue weighted by molar-refractivity contribution is 0.0525. The molecule has 6 heteroatoms. The first-order valence-electron chi connectivity index (χ1n) is 4.73. The van der Waals surface area contributed by atoms with Crippen LogP contribution < -0.4 is 0 Å². The van der Waals surface area contributed by atoms with Gasteiger partial charge in [-0.25, -0.2) is 13.6 Å². The van der Waals surface area contributed by atoms with Crippen molar-refractivity contribution in [1.29, 1.82) is 5.26 Å². The molecule has 0 fully saturated rings. The third-order valence-electron chi connectivity index (χ3n) is 2.02. The Hall–Kier alpha value is -2.16. The molecule has 1 aromatic carbocycles. The molecule has 0 aromatic heterocycles. The van der Waals surface area contributed by atoms with Gasteiger partial charge in [0.1, 0.15) is 11.8 Å². The Kier molecular flexibility index (Phi) is 3.99. The van der Waals surface area contributed by atoms with E-state index in [1.165, 1.54) is 0 Å². The number of hydrogen-bond donors (Lipinski definition) is 1. The summed E-state index contributed by atoms with van der Waals surface area (Å²) in [7, 11) is 0. The van der Waals surface area contributed by atoms with Crippen molar-refractivity contribution in [3.63, 3.8) is 0 Å². The van der Waals surface area contributed by atoms with E-state index in [2.05, 4.69) is 4.74 Å². The predicted octanol–water partition coefficient (Wildman–Crippen LogP) is 2.38. The van der Waals surface area contributed by atoms with Crippen molar-refractivity contribution < 1.29 is 23.4 Å². The normalized spacial score (nSPS) is 10.1. The number of alkyl halides is 2. The SMILES string of the molecule is CCOC(=O)c1cc(O)c(C(F)F)cc1C#N. The third-order valence-corrected chi connectivity index (χ3v) is 2.02. The number of nitrogens with zero attached hydrogens (tertiary/aromatic N) is 1. The summed E-state index contributed by atoms with van der Waals surface area (Å²) in [5, 5.41) is 18.1. The van der Waals surface area contributed by atoms with Crippen LogP contribution in [0.5, 0.6) is 5.75 Å². The summed E-state index contributed by atoms with van der Waals surface area (Å²) in [5.74, 6) is -1.57. The van der Waals surface area contributed by atoms with Crippen molar-refractivity contribution in [2.75, 3.05) is 6.61 Å². The van der Waals surface area contributed by atoms with Crippen molar-refractivity contribution in [2.45, 2.75) is 13.3 Å². The van der Waals surface area contributed by atoms with Crippen LogP contribution in [0.2, 0.25) is 0 Å². The van der Waals surface area contributed by atoms with Gasteiger partial charge in [-0.3, -0.25) is 0 Å². The van der Waals surface area contributed by atoms with Crippen LogP contribution in [0.3, 0.4) is 0 Å². The van der Waals surface area contributed by atoms with Crippen LogP contribution in [-0.4, -0.2) is 17.7 Å². The van der Waals surface area contributed by atoms with Gasteiger partial charge in [0.05, 0.1) is 23.3 Å². The van der Waals surface area contributed by atoms with Gasteiger partial charge in [0.15, 0.2) is 0 Å². The third kappa shape index (κ3) is 2.69. The van der Waals surface area contributed by atoms with Gasteiger partial charge in [0, 0.05) is 0 Å². The molecule has 0 aliphatic heterocycles. The summed E-state index contributed by atoms with van der Waals surface area (Å²) in [4.78, 5) is 11.4. The maximum atomic E-state index is 12.4. The monoisotopic (exact) mass is 241 g/mol. The fraction of sp³-hybridized carbons (Fsp3) is 0.273. The fourth-order valence-corrected chi connectivity index (χ4v) is 1.25. The number of phenolic OH excluding ortho intramolecular Hbond substituents is 1. The first kappa shape index (κ1) is 12.9. The highest BCUT2D eigenvalue weighted by Gasteiger charge is 2.20. The molecule has 0 spiro atoms. The lowest BCUT2D eigenvalue weighted by atomic mass is 10.0. The van der Waals surface area contributed by atoms with Crippen LogP contribution in [0.15, 0.2) is 12.1 Å². The number of benzene rings is 1. The fourth-order valence-electron chi connectivity index (χ4n) is 1.25. The van der Waals surface area contributed by atoms with E-state index < -0.39 is 23.7 Å². The Morgan fingerprint density at radius 2 is 2.24 bits per heavy atom. The molecule has 0 radical (unpaired) electrons. The highest BCUT2D eigenvalue weighted by atomic mass is 19.3. The highest BCUT2D eigenvalue weighted by molar-refractivity contribution is 5.93. The molecular formula is C11H9F2NO3. The number of hydrogen-bond acceptors (Lipinski definition) is 4. The number of rotatable bonds is 3. The smallest absolute Gasteiger partial charge is 0.339 e. The lowest BCUT2D eigenvalue weighted by Gasteiger charge is -2.08. The van der Waals surface area contributed by atoms with E-state index in [9.17, 15) is 18.7 Å². The molecule has 0 atom stereocenters. The number of esters is 1. The molecule has 1 rings (SSSR count).